The fourth-order valence-electron chi connectivity index (χ4n) is 4.34. The second-order valence-electron chi connectivity index (χ2n) is 11.3. The summed E-state index contributed by atoms with van der Waals surface area (Å²) in [4.78, 5) is 27.0. The monoisotopic (exact) mass is 466 g/mol. The van der Waals surface area contributed by atoms with Crippen LogP contribution < -0.4 is 10.8 Å². The van der Waals surface area contributed by atoms with E-state index in [9.17, 15) is 9.59 Å². The van der Waals surface area contributed by atoms with E-state index in [1.807, 2.05) is 84.9 Å². The summed E-state index contributed by atoms with van der Waals surface area (Å²) in [6.07, 6.45) is 0.248. The van der Waals surface area contributed by atoms with Gasteiger partial charge in [-0.15, -0.1) is 0 Å². The SMILES string of the molecule is CC(C)(C)OC(=O)NC1CCN(C(=O)c2ccc3c(B4OC(C)(C)C(C)(C)O4)cccc3c2)C1. The summed E-state index contributed by atoms with van der Waals surface area (Å²) < 4.78 is 17.8. The number of alkyl carbamates (subject to hydrolysis) is 1. The van der Waals surface area contributed by atoms with Crippen molar-refractivity contribution >= 4 is 35.4 Å². The Morgan fingerprint density at radius 2 is 1.76 bits per heavy atom. The van der Waals surface area contributed by atoms with E-state index in [0.717, 1.165) is 16.2 Å². The lowest BCUT2D eigenvalue weighted by atomic mass is 9.76. The third kappa shape index (κ3) is 4.93. The van der Waals surface area contributed by atoms with E-state index in [2.05, 4.69) is 5.32 Å². The smallest absolute Gasteiger partial charge is 0.444 e. The molecule has 8 heteroatoms. The Balaban J connectivity index is 1.48. The number of amides is 2. The van der Waals surface area contributed by atoms with E-state index in [1.165, 1.54) is 0 Å². The molecule has 2 heterocycles. The molecule has 4 rings (SSSR count). The summed E-state index contributed by atoms with van der Waals surface area (Å²) in [6, 6.07) is 11.6. The highest BCUT2D eigenvalue weighted by Crippen LogP contribution is 2.37. The molecule has 0 aliphatic carbocycles. The fourth-order valence-corrected chi connectivity index (χ4v) is 4.34. The Bertz CT molecular complexity index is 1090. The molecule has 1 N–H and O–H groups in total. The third-order valence-electron chi connectivity index (χ3n) is 6.86. The van der Waals surface area contributed by atoms with Gasteiger partial charge < -0.3 is 24.3 Å². The molecular formula is C26H35BN2O5. The minimum Gasteiger partial charge on any atom is -0.444 e. The lowest BCUT2D eigenvalue weighted by Gasteiger charge is -2.32. The Morgan fingerprint density at radius 1 is 1.09 bits per heavy atom. The van der Waals surface area contributed by atoms with Gasteiger partial charge in [0.1, 0.15) is 5.60 Å². The molecule has 2 saturated heterocycles. The maximum Gasteiger partial charge on any atom is 0.495 e. The van der Waals surface area contributed by atoms with E-state index < -0.39 is 30.0 Å². The Kier molecular flexibility index (Phi) is 6.19. The zero-order valence-corrected chi connectivity index (χ0v) is 21.2. The predicted octanol–water partition coefficient (Wildman–Crippen LogP) is 3.88. The first-order valence-corrected chi connectivity index (χ1v) is 11.9. The molecule has 2 aliphatic rings. The van der Waals surface area contributed by atoms with Crippen LogP contribution in [0.4, 0.5) is 4.79 Å². The number of rotatable bonds is 3. The van der Waals surface area contributed by atoms with Gasteiger partial charge in [0, 0.05) is 18.7 Å². The van der Waals surface area contributed by atoms with Crippen molar-refractivity contribution < 1.29 is 23.6 Å². The van der Waals surface area contributed by atoms with Crippen molar-refractivity contribution in [3.63, 3.8) is 0 Å². The maximum absolute atomic E-state index is 13.2. The second kappa shape index (κ2) is 8.58. The molecule has 0 radical (unpaired) electrons. The van der Waals surface area contributed by atoms with Crippen molar-refractivity contribution in [3.8, 4) is 0 Å². The van der Waals surface area contributed by atoms with E-state index in [1.54, 1.807) is 4.90 Å². The van der Waals surface area contributed by atoms with Crippen LogP contribution in [0.1, 0.15) is 65.2 Å². The van der Waals surface area contributed by atoms with E-state index in [0.29, 0.717) is 25.1 Å². The number of ether oxygens (including phenoxy) is 1. The molecule has 7 nitrogen and oxygen atoms in total. The second-order valence-corrected chi connectivity index (χ2v) is 11.3. The highest BCUT2D eigenvalue weighted by Gasteiger charge is 2.52. The van der Waals surface area contributed by atoms with Crippen LogP contribution in [-0.4, -0.2) is 60.0 Å². The van der Waals surface area contributed by atoms with Gasteiger partial charge >= 0.3 is 13.2 Å². The van der Waals surface area contributed by atoms with Gasteiger partial charge in [0.25, 0.3) is 5.91 Å². The molecule has 2 aromatic rings. The number of carbonyl (C=O) groups is 2. The van der Waals surface area contributed by atoms with Gasteiger partial charge in [0.15, 0.2) is 0 Å². The first-order chi connectivity index (χ1) is 15.8. The van der Waals surface area contributed by atoms with Gasteiger partial charge in [-0.2, -0.15) is 0 Å². The summed E-state index contributed by atoms with van der Waals surface area (Å²) in [5.41, 5.74) is 0.182. The Labute approximate surface area is 202 Å². The first kappa shape index (κ1) is 24.5. The van der Waals surface area contributed by atoms with Crippen molar-refractivity contribution in [1.29, 1.82) is 0 Å². The molecule has 2 fully saturated rings. The molecule has 2 aliphatic heterocycles. The molecule has 0 aromatic heterocycles. The van der Waals surface area contributed by atoms with Crippen LogP contribution in [0.25, 0.3) is 10.8 Å². The van der Waals surface area contributed by atoms with E-state index in [4.69, 9.17) is 14.0 Å². The zero-order valence-electron chi connectivity index (χ0n) is 21.2. The van der Waals surface area contributed by atoms with Gasteiger partial charge in [-0.25, -0.2) is 4.79 Å². The number of nitrogens with zero attached hydrogens (tertiary/aromatic N) is 1. The van der Waals surface area contributed by atoms with Crippen molar-refractivity contribution in [1.82, 2.24) is 10.2 Å². The summed E-state index contributed by atoms with van der Waals surface area (Å²) in [5.74, 6) is -0.0450. The summed E-state index contributed by atoms with van der Waals surface area (Å²) >= 11 is 0. The zero-order chi connectivity index (χ0) is 24.9. The molecule has 0 spiro atoms. The maximum atomic E-state index is 13.2. The van der Waals surface area contributed by atoms with Crippen molar-refractivity contribution in [3.05, 3.63) is 42.0 Å². The number of hydrogen-bond donors (Lipinski definition) is 1. The summed E-state index contributed by atoms with van der Waals surface area (Å²) in [5, 5.41) is 4.83. The van der Waals surface area contributed by atoms with Gasteiger partial charge in [0.2, 0.25) is 0 Å². The molecular weight excluding hydrogens is 431 g/mol. The fraction of sp³-hybridized carbons (Fsp3) is 0.538. The minimum absolute atomic E-state index is 0.0450. The van der Waals surface area contributed by atoms with Crippen molar-refractivity contribution in [2.45, 2.75) is 77.7 Å². The van der Waals surface area contributed by atoms with Gasteiger partial charge in [0.05, 0.1) is 17.2 Å². The van der Waals surface area contributed by atoms with Crippen molar-refractivity contribution in [2.24, 2.45) is 0 Å². The number of carbonyl (C=O) groups excluding carboxylic acids is 2. The lowest BCUT2D eigenvalue weighted by molar-refractivity contribution is 0.00578. The number of hydrogen-bond acceptors (Lipinski definition) is 5. The third-order valence-corrected chi connectivity index (χ3v) is 6.86. The standard InChI is InChI=1S/C26H35BN2O5/c1-24(2,3)32-23(31)28-19-13-14-29(16-19)22(30)18-11-12-20-17(15-18)9-8-10-21(20)27-33-25(4,5)26(6,7)34-27/h8-12,15,19H,13-14,16H2,1-7H3,(H,28,31). The van der Waals surface area contributed by atoms with Gasteiger partial charge in [-0.05, 0) is 83.3 Å². The largest absolute Gasteiger partial charge is 0.495 e. The van der Waals surface area contributed by atoms with Gasteiger partial charge in [-0.1, -0.05) is 24.3 Å². The predicted molar refractivity (Wildman–Crippen MR) is 133 cm³/mol. The van der Waals surface area contributed by atoms with Crippen LogP contribution in [0.2, 0.25) is 0 Å². The van der Waals surface area contributed by atoms with E-state index >= 15 is 0 Å². The van der Waals surface area contributed by atoms with Crippen LogP contribution in [-0.2, 0) is 14.0 Å². The molecule has 2 amide bonds. The van der Waals surface area contributed by atoms with Crippen LogP contribution in [0.15, 0.2) is 36.4 Å². The molecule has 1 atom stereocenters. The Morgan fingerprint density at radius 3 is 2.41 bits per heavy atom. The molecule has 34 heavy (non-hydrogen) atoms. The number of likely N-dealkylation sites (tertiary alicyclic amines) is 1. The highest BCUT2D eigenvalue weighted by atomic mass is 16.7. The van der Waals surface area contributed by atoms with Gasteiger partial charge in [-0.3, -0.25) is 4.79 Å². The Hall–Kier alpha value is -2.58. The molecule has 1 unspecified atom stereocenters. The first-order valence-electron chi connectivity index (χ1n) is 11.9. The average molecular weight is 466 g/mol. The normalized spacial score (nSPS) is 21.7. The number of benzene rings is 2. The summed E-state index contributed by atoms with van der Waals surface area (Å²) in [6.45, 7) is 14.7. The number of fused-ring (bicyclic) bond motifs is 1. The van der Waals surface area contributed by atoms with Crippen molar-refractivity contribution in [2.75, 3.05) is 13.1 Å². The minimum atomic E-state index is -0.553. The average Bonchev–Trinajstić information content (AvgIpc) is 3.26. The summed E-state index contributed by atoms with van der Waals surface area (Å²) in [7, 11) is -0.464. The quantitative estimate of drug-likeness (QED) is 0.695. The lowest BCUT2D eigenvalue weighted by Crippen LogP contribution is -2.41. The molecule has 2 aromatic carbocycles. The molecule has 0 saturated carbocycles. The molecule has 0 bridgehead atoms. The highest BCUT2D eigenvalue weighted by molar-refractivity contribution is 6.65. The van der Waals surface area contributed by atoms with Crippen LogP contribution in [0, 0.1) is 0 Å². The van der Waals surface area contributed by atoms with E-state index in [-0.39, 0.29) is 11.9 Å². The topological polar surface area (TPSA) is 77.1 Å². The molecule has 182 valence electrons. The van der Waals surface area contributed by atoms with Crippen LogP contribution in [0.3, 0.4) is 0 Å². The van der Waals surface area contributed by atoms with Crippen LogP contribution >= 0.6 is 0 Å². The number of nitrogens with one attached hydrogen (secondary N) is 1. The van der Waals surface area contributed by atoms with Crippen LogP contribution in [0.5, 0.6) is 0 Å².